The summed E-state index contributed by atoms with van der Waals surface area (Å²) < 4.78 is 5.96. The van der Waals surface area contributed by atoms with E-state index in [4.69, 9.17) is 4.74 Å². The van der Waals surface area contributed by atoms with Crippen LogP contribution in [-0.4, -0.2) is 17.4 Å². The summed E-state index contributed by atoms with van der Waals surface area (Å²) in [6, 6.07) is 0. The van der Waals surface area contributed by atoms with Gasteiger partial charge in [-0.2, -0.15) is 0 Å². The fourth-order valence-electron chi connectivity index (χ4n) is 8.49. The lowest BCUT2D eigenvalue weighted by Crippen LogP contribution is -2.45. The molecule has 0 spiro atoms. The van der Waals surface area contributed by atoms with Gasteiger partial charge >= 0.3 is 5.97 Å². The second-order valence-electron chi connectivity index (χ2n) is 13.9. The van der Waals surface area contributed by atoms with Crippen LogP contribution < -0.4 is 0 Å². The van der Waals surface area contributed by atoms with Gasteiger partial charge in [0.1, 0.15) is 6.10 Å². The van der Waals surface area contributed by atoms with Gasteiger partial charge in [-0.25, -0.2) is 0 Å². The maximum atomic E-state index is 12.4. The highest BCUT2D eigenvalue weighted by molar-refractivity contribution is 9.09. The Balaban J connectivity index is 1.39. The van der Waals surface area contributed by atoms with E-state index < -0.39 is 0 Å². The minimum Gasteiger partial charge on any atom is -0.462 e. The Labute approximate surface area is 230 Å². The van der Waals surface area contributed by atoms with E-state index >= 15 is 0 Å². The van der Waals surface area contributed by atoms with E-state index in [-0.39, 0.29) is 17.5 Å². The number of carbonyl (C=O) groups is 1. The van der Waals surface area contributed by atoms with Gasteiger partial charge in [-0.1, -0.05) is 99.5 Å². The zero-order valence-corrected chi connectivity index (χ0v) is 25.5. The monoisotopic (exact) mass is 560 g/mol. The maximum Gasteiger partial charge on any atom is 0.306 e. The third-order valence-electron chi connectivity index (χ3n) is 10.9. The number of esters is 1. The number of allylic oxidation sites excluding steroid dienone is 3. The summed E-state index contributed by atoms with van der Waals surface area (Å²) in [6.07, 6.45) is 21.8. The lowest BCUT2D eigenvalue weighted by Gasteiger charge is -2.54. The predicted molar refractivity (Wildman–Crippen MR) is 155 cm³/mol. The maximum absolute atomic E-state index is 12.4. The summed E-state index contributed by atoms with van der Waals surface area (Å²) >= 11 is 3.47. The van der Waals surface area contributed by atoms with E-state index in [1.54, 1.807) is 11.1 Å². The van der Waals surface area contributed by atoms with E-state index in [0.29, 0.717) is 17.8 Å². The van der Waals surface area contributed by atoms with E-state index in [1.165, 1.54) is 51.4 Å². The standard InChI is InChI=1S/C33H53BrO2/c1-23(2)10-9-11-24(3)25-20-30-28-14-13-26-21-27(36-31(35)12-7-6-8-19-34)15-18-33(26,5)29(28)16-17-32(30,4)22-25/h13-14,23-25,27,29-30H,6-12,15-22H2,1-5H3/t24-,25-,27-,29-,30-,32+,33-/m0/s1. The zero-order valence-electron chi connectivity index (χ0n) is 23.9. The first-order valence-electron chi connectivity index (χ1n) is 15.3. The van der Waals surface area contributed by atoms with Crippen molar-refractivity contribution in [2.24, 2.45) is 40.4 Å². The quantitative estimate of drug-likeness (QED) is 0.143. The van der Waals surface area contributed by atoms with E-state index in [9.17, 15) is 4.79 Å². The molecule has 204 valence electrons. The molecule has 0 amide bonds. The average Bonchev–Trinajstić information content (AvgIpc) is 3.20. The number of fused-ring (bicyclic) bond motifs is 5. The summed E-state index contributed by atoms with van der Waals surface area (Å²) in [4.78, 5) is 12.4. The number of alkyl halides is 1. The molecule has 4 aliphatic carbocycles. The Bertz CT molecular complexity index is 828. The van der Waals surface area contributed by atoms with Gasteiger partial charge in [0.15, 0.2) is 0 Å². The molecule has 0 aromatic rings. The highest BCUT2D eigenvalue weighted by Crippen LogP contribution is 2.65. The van der Waals surface area contributed by atoms with Crippen molar-refractivity contribution < 1.29 is 9.53 Å². The highest BCUT2D eigenvalue weighted by atomic mass is 79.9. The molecule has 0 saturated heterocycles. The molecule has 0 bridgehead atoms. The molecule has 0 heterocycles. The van der Waals surface area contributed by atoms with Crippen LogP contribution in [-0.2, 0) is 9.53 Å². The number of rotatable bonds is 11. The highest BCUT2D eigenvalue weighted by Gasteiger charge is 2.55. The van der Waals surface area contributed by atoms with Crippen molar-refractivity contribution in [3.63, 3.8) is 0 Å². The summed E-state index contributed by atoms with van der Waals surface area (Å²) in [5, 5.41) is 1.02. The molecule has 3 saturated carbocycles. The van der Waals surface area contributed by atoms with Gasteiger partial charge in [0.05, 0.1) is 0 Å². The van der Waals surface area contributed by atoms with Gasteiger partial charge in [-0.15, -0.1) is 0 Å². The topological polar surface area (TPSA) is 26.3 Å². The Kier molecular flexibility index (Phi) is 9.55. The molecule has 3 heteroatoms. The Hall–Kier alpha value is -0.570. The number of hydrogen-bond donors (Lipinski definition) is 0. The zero-order chi connectivity index (χ0) is 25.9. The normalized spacial score (nSPS) is 36.4. The Morgan fingerprint density at radius 2 is 1.83 bits per heavy atom. The van der Waals surface area contributed by atoms with Crippen LogP contribution in [0.25, 0.3) is 0 Å². The van der Waals surface area contributed by atoms with Crippen LogP contribution in [0.5, 0.6) is 0 Å². The van der Waals surface area contributed by atoms with Crippen molar-refractivity contribution in [1.29, 1.82) is 0 Å². The van der Waals surface area contributed by atoms with Crippen LogP contribution in [0.15, 0.2) is 23.3 Å². The van der Waals surface area contributed by atoms with E-state index in [1.807, 2.05) is 0 Å². The lowest BCUT2D eigenvalue weighted by molar-refractivity contribution is -0.151. The van der Waals surface area contributed by atoms with E-state index in [2.05, 4.69) is 62.7 Å². The summed E-state index contributed by atoms with van der Waals surface area (Å²) in [6.45, 7) is 12.4. The fourth-order valence-corrected chi connectivity index (χ4v) is 8.88. The molecule has 36 heavy (non-hydrogen) atoms. The van der Waals surface area contributed by atoms with Crippen LogP contribution in [0.4, 0.5) is 0 Å². The van der Waals surface area contributed by atoms with Crippen molar-refractivity contribution in [2.75, 3.05) is 5.33 Å². The predicted octanol–water partition coefficient (Wildman–Crippen LogP) is 9.81. The second kappa shape index (κ2) is 12.1. The van der Waals surface area contributed by atoms with Gasteiger partial charge in [-0.05, 0) is 91.8 Å². The number of halogens is 1. The molecular weight excluding hydrogens is 508 g/mol. The summed E-state index contributed by atoms with van der Waals surface area (Å²) in [5.41, 5.74) is 4.11. The Morgan fingerprint density at radius 1 is 1.03 bits per heavy atom. The van der Waals surface area contributed by atoms with Crippen LogP contribution in [0.2, 0.25) is 0 Å². The smallest absolute Gasteiger partial charge is 0.306 e. The third kappa shape index (κ3) is 6.18. The first kappa shape index (κ1) is 28.4. The summed E-state index contributed by atoms with van der Waals surface area (Å²) in [5.74, 6) is 4.08. The van der Waals surface area contributed by atoms with Crippen molar-refractivity contribution in [1.82, 2.24) is 0 Å². The van der Waals surface area contributed by atoms with E-state index in [0.717, 1.165) is 61.1 Å². The first-order valence-corrected chi connectivity index (χ1v) is 16.4. The molecular formula is C33H53BrO2. The van der Waals surface area contributed by atoms with Crippen molar-refractivity contribution in [3.05, 3.63) is 23.3 Å². The molecule has 0 aliphatic heterocycles. The summed E-state index contributed by atoms with van der Waals surface area (Å²) in [7, 11) is 0. The lowest BCUT2D eigenvalue weighted by atomic mass is 9.51. The van der Waals surface area contributed by atoms with Crippen molar-refractivity contribution in [2.45, 2.75) is 131 Å². The molecule has 7 atom stereocenters. The molecule has 0 aromatic heterocycles. The van der Waals surface area contributed by atoms with Crippen LogP contribution in [0.3, 0.4) is 0 Å². The Morgan fingerprint density at radius 3 is 2.58 bits per heavy atom. The second-order valence-corrected chi connectivity index (χ2v) is 14.7. The average molecular weight is 562 g/mol. The number of unbranched alkanes of at least 4 members (excludes halogenated alkanes) is 2. The molecule has 0 N–H and O–H groups in total. The number of hydrogen-bond acceptors (Lipinski definition) is 2. The number of ether oxygens (including phenoxy) is 1. The first-order chi connectivity index (χ1) is 17.2. The molecule has 2 nitrogen and oxygen atoms in total. The number of carbonyl (C=O) groups excluding carboxylic acids is 1. The van der Waals surface area contributed by atoms with Crippen molar-refractivity contribution >= 4 is 21.9 Å². The minimum absolute atomic E-state index is 0.0127. The van der Waals surface area contributed by atoms with Crippen LogP contribution >= 0.6 is 15.9 Å². The minimum atomic E-state index is 0.0127. The molecule has 4 aliphatic rings. The fraction of sp³-hybridized carbons (Fsp3) is 0.848. The largest absolute Gasteiger partial charge is 0.462 e. The molecule has 0 radical (unpaired) electrons. The van der Waals surface area contributed by atoms with Gasteiger partial charge in [0, 0.05) is 18.2 Å². The van der Waals surface area contributed by atoms with Gasteiger partial charge < -0.3 is 4.74 Å². The SMILES string of the molecule is CC(C)CCC[C@H](C)[C@H]1C[C@H]2C3=CC=C4C[C@@H](OC(=O)CCCCCBr)CC[C@]4(C)[C@H]3CC[C@]2(C)C1. The van der Waals surface area contributed by atoms with Gasteiger partial charge in [0.2, 0.25) is 0 Å². The molecule has 0 unspecified atom stereocenters. The molecule has 0 aromatic carbocycles. The van der Waals surface area contributed by atoms with Crippen molar-refractivity contribution in [3.8, 4) is 0 Å². The van der Waals surface area contributed by atoms with Crippen LogP contribution in [0, 0.1) is 40.4 Å². The van der Waals surface area contributed by atoms with Gasteiger partial charge in [0.25, 0.3) is 0 Å². The molecule has 3 fully saturated rings. The van der Waals surface area contributed by atoms with Crippen LogP contribution in [0.1, 0.15) is 125 Å². The third-order valence-corrected chi connectivity index (χ3v) is 11.4. The molecule has 4 rings (SSSR count). The van der Waals surface area contributed by atoms with Gasteiger partial charge in [-0.3, -0.25) is 4.79 Å².